The molecule has 25 heavy (non-hydrogen) atoms. The molecular formula is C20H21Cl2NO2. The molecule has 2 aromatic rings. The molecule has 0 spiro atoms. The van der Waals surface area contributed by atoms with Crippen molar-refractivity contribution in [2.45, 2.75) is 25.4 Å². The van der Waals surface area contributed by atoms with Crippen LogP contribution in [0.1, 0.15) is 30.1 Å². The summed E-state index contributed by atoms with van der Waals surface area (Å²) in [5.74, 6) is -0.294. The highest BCUT2D eigenvalue weighted by molar-refractivity contribution is 6.42. The Bertz CT molecular complexity index is 715. The average Bonchev–Trinajstić information content (AvgIpc) is 3.12. The molecular weight excluding hydrogens is 357 g/mol. The molecule has 0 bridgehead atoms. The lowest BCUT2D eigenvalue weighted by atomic mass is 10.1. The van der Waals surface area contributed by atoms with E-state index >= 15 is 0 Å². The third kappa shape index (κ3) is 4.97. The Kier molecular flexibility index (Phi) is 6.35. The van der Waals surface area contributed by atoms with Gasteiger partial charge < -0.3 is 4.74 Å². The van der Waals surface area contributed by atoms with Crippen LogP contribution in [0.3, 0.4) is 0 Å². The Hall–Kier alpha value is -1.55. The lowest BCUT2D eigenvalue weighted by molar-refractivity contribution is -0.149. The zero-order valence-corrected chi connectivity index (χ0v) is 15.5. The molecule has 0 radical (unpaired) electrons. The van der Waals surface area contributed by atoms with Crippen molar-refractivity contribution in [3.8, 4) is 0 Å². The van der Waals surface area contributed by atoms with Gasteiger partial charge in [-0.15, -0.1) is 0 Å². The molecule has 0 amide bonds. The zero-order valence-electron chi connectivity index (χ0n) is 14.0. The number of carbonyl (C=O) groups is 1. The molecule has 1 aliphatic rings. The number of esters is 1. The van der Waals surface area contributed by atoms with Crippen LogP contribution in [0.15, 0.2) is 48.5 Å². The van der Waals surface area contributed by atoms with E-state index in [0.717, 1.165) is 25.2 Å². The van der Waals surface area contributed by atoms with Gasteiger partial charge in [-0.1, -0.05) is 65.7 Å². The summed E-state index contributed by atoms with van der Waals surface area (Å²) >= 11 is 12.2. The molecule has 1 saturated heterocycles. The maximum Gasteiger partial charge on any atom is 0.310 e. The summed E-state index contributed by atoms with van der Waals surface area (Å²) in [5, 5.41) is 0.862. The molecule has 2 aromatic carbocycles. The van der Waals surface area contributed by atoms with E-state index in [1.165, 1.54) is 12.8 Å². The van der Waals surface area contributed by atoms with Gasteiger partial charge in [0.25, 0.3) is 0 Å². The highest BCUT2D eigenvalue weighted by atomic mass is 35.5. The van der Waals surface area contributed by atoms with Gasteiger partial charge in [-0.2, -0.15) is 0 Å². The Labute approximate surface area is 158 Å². The van der Waals surface area contributed by atoms with Gasteiger partial charge in [0.15, 0.2) is 0 Å². The van der Waals surface area contributed by atoms with E-state index < -0.39 is 0 Å². The second-order valence-electron chi connectivity index (χ2n) is 6.29. The Morgan fingerprint density at radius 2 is 1.76 bits per heavy atom. The van der Waals surface area contributed by atoms with Gasteiger partial charge in [0.1, 0.15) is 6.10 Å². The van der Waals surface area contributed by atoms with Crippen molar-refractivity contribution < 1.29 is 9.53 Å². The number of hydrogen-bond donors (Lipinski definition) is 0. The molecule has 1 fully saturated rings. The summed E-state index contributed by atoms with van der Waals surface area (Å²) in [5.41, 5.74) is 1.70. The fourth-order valence-electron chi connectivity index (χ4n) is 3.12. The quantitative estimate of drug-likeness (QED) is 0.669. The van der Waals surface area contributed by atoms with E-state index in [1.54, 1.807) is 18.2 Å². The smallest absolute Gasteiger partial charge is 0.310 e. The van der Waals surface area contributed by atoms with Crippen molar-refractivity contribution in [1.29, 1.82) is 0 Å². The third-order valence-corrected chi connectivity index (χ3v) is 5.29. The van der Waals surface area contributed by atoms with Crippen LogP contribution in [0.2, 0.25) is 10.0 Å². The van der Waals surface area contributed by atoms with Crippen molar-refractivity contribution >= 4 is 29.2 Å². The Balaban J connectivity index is 1.70. The van der Waals surface area contributed by atoms with Crippen LogP contribution in [0.5, 0.6) is 0 Å². The first-order valence-corrected chi connectivity index (χ1v) is 9.29. The van der Waals surface area contributed by atoms with E-state index in [-0.39, 0.29) is 18.5 Å². The number of likely N-dealkylation sites (tertiary alicyclic amines) is 1. The molecule has 0 aromatic heterocycles. The van der Waals surface area contributed by atoms with E-state index in [4.69, 9.17) is 27.9 Å². The molecule has 1 aliphatic heterocycles. The minimum Gasteiger partial charge on any atom is -0.456 e. The molecule has 0 unspecified atom stereocenters. The van der Waals surface area contributed by atoms with E-state index in [2.05, 4.69) is 4.90 Å². The largest absolute Gasteiger partial charge is 0.456 e. The second-order valence-corrected chi connectivity index (χ2v) is 7.07. The van der Waals surface area contributed by atoms with Crippen molar-refractivity contribution in [3.05, 3.63) is 69.7 Å². The lowest BCUT2D eigenvalue weighted by Gasteiger charge is -2.24. The van der Waals surface area contributed by atoms with E-state index in [0.29, 0.717) is 15.6 Å². The van der Waals surface area contributed by atoms with Crippen LogP contribution in [-0.2, 0) is 16.0 Å². The predicted molar refractivity (Wildman–Crippen MR) is 101 cm³/mol. The standard InChI is InChI=1S/C20H21Cl2NO2/c21-17-10-6-9-16(20(17)22)13-19(24)25-18(14-23-11-4-5-12-23)15-7-2-1-3-8-15/h1-3,6-10,18H,4-5,11-14H2/t18-/m0/s1. The van der Waals surface area contributed by atoms with Gasteiger partial charge in [0.2, 0.25) is 0 Å². The molecule has 3 nitrogen and oxygen atoms in total. The molecule has 3 rings (SSSR count). The van der Waals surface area contributed by atoms with Crippen LogP contribution >= 0.6 is 23.2 Å². The topological polar surface area (TPSA) is 29.5 Å². The van der Waals surface area contributed by atoms with Crippen LogP contribution in [0.4, 0.5) is 0 Å². The number of ether oxygens (including phenoxy) is 1. The maximum absolute atomic E-state index is 12.5. The summed E-state index contributed by atoms with van der Waals surface area (Å²) < 4.78 is 5.81. The van der Waals surface area contributed by atoms with Gasteiger partial charge in [0, 0.05) is 6.54 Å². The minimum absolute atomic E-state index is 0.114. The average molecular weight is 378 g/mol. The van der Waals surface area contributed by atoms with Crippen LogP contribution in [-0.4, -0.2) is 30.5 Å². The van der Waals surface area contributed by atoms with Crippen LogP contribution in [0, 0.1) is 0 Å². The van der Waals surface area contributed by atoms with Gasteiger partial charge in [0.05, 0.1) is 16.5 Å². The fourth-order valence-corrected chi connectivity index (χ4v) is 3.51. The number of rotatable bonds is 6. The van der Waals surface area contributed by atoms with Gasteiger partial charge in [-0.3, -0.25) is 9.69 Å². The van der Waals surface area contributed by atoms with Crippen molar-refractivity contribution in [2.75, 3.05) is 19.6 Å². The summed E-state index contributed by atoms with van der Waals surface area (Å²) in [7, 11) is 0. The zero-order chi connectivity index (χ0) is 17.6. The van der Waals surface area contributed by atoms with Crippen LogP contribution in [0.25, 0.3) is 0 Å². The van der Waals surface area contributed by atoms with Gasteiger partial charge in [-0.25, -0.2) is 0 Å². The summed E-state index contributed by atoms with van der Waals surface area (Å²) in [6, 6.07) is 15.2. The molecule has 1 atom stereocenters. The first-order chi connectivity index (χ1) is 12.1. The lowest BCUT2D eigenvalue weighted by Crippen LogP contribution is -2.28. The van der Waals surface area contributed by atoms with Crippen molar-refractivity contribution in [3.63, 3.8) is 0 Å². The molecule has 132 valence electrons. The molecule has 0 saturated carbocycles. The van der Waals surface area contributed by atoms with Crippen molar-refractivity contribution in [1.82, 2.24) is 4.90 Å². The predicted octanol–water partition coefficient (Wildman–Crippen LogP) is 4.92. The molecule has 1 heterocycles. The van der Waals surface area contributed by atoms with E-state index in [1.807, 2.05) is 30.3 Å². The number of benzene rings is 2. The Morgan fingerprint density at radius 1 is 1.04 bits per heavy atom. The molecule has 5 heteroatoms. The number of carbonyl (C=O) groups excluding carboxylic acids is 1. The first kappa shape index (κ1) is 18.2. The SMILES string of the molecule is O=C(Cc1cccc(Cl)c1Cl)O[C@@H](CN1CCCC1)c1ccccc1. The fraction of sp³-hybridized carbons (Fsp3) is 0.350. The second kappa shape index (κ2) is 8.70. The summed E-state index contributed by atoms with van der Waals surface area (Å²) in [6.45, 7) is 2.83. The molecule has 0 N–H and O–H groups in total. The minimum atomic E-state index is -0.294. The van der Waals surface area contributed by atoms with Gasteiger partial charge >= 0.3 is 5.97 Å². The highest BCUT2D eigenvalue weighted by Crippen LogP contribution is 2.27. The maximum atomic E-state index is 12.5. The third-order valence-electron chi connectivity index (χ3n) is 4.43. The number of halogens is 2. The van der Waals surface area contributed by atoms with E-state index in [9.17, 15) is 4.79 Å². The van der Waals surface area contributed by atoms with Crippen LogP contribution < -0.4 is 0 Å². The first-order valence-electron chi connectivity index (χ1n) is 8.53. The number of hydrogen-bond acceptors (Lipinski definition) is 3. The van der Waals surface area contributed by atoms with Crippen molar-refractivity contribution in [2.24, 2.45) is 0 Å². The van der Waals surface area contributed by atoms with Gasteiger partial charge in [-0.05, 0) is 43.1 Å². The highest BCUT2D eigenvalue weighted by Gasteiger charge is 2.23. The monoisotopic (exact) mass is 377 g/mol. The number of nitrogens with zero attached hydrogens (tertiary/aromatic N) is 1. The Morgan fingerprint density at radius 3 is 2.48 bits per heavy atom. The molecule has 0 aliphatic carbocycles. The normalized spacial score (nSPS) is 15.9. The summed E-state index contributed by atoms with van der Waals surface area (Å²) in [4.78, 5) is 14.8. The summed E-state index contributed by atoms with van der Waals surface area (Å²) in [6.07, 6.45) is 2.24.